The largest absolute Gasteiger partial charge is 0.357 e. The fourth-order valence-electron chi connectivity index (χ4n) is 3.89. The molecule has 2 aromatic rings. The Morgan fingerprint density at radius 1 is 1.31 bits per heavy atom. The second-order valence-corrected chi connectivity index (χ2v) is 8.34. The number of nitrogens with zero attached hydrogens (tertiary/aromatic N) is 3. The first kappa shape index (κ1) is 21.3. The van der Waals surface area contributed by atoms with Gasteiger partial charge >= 0.3 is 0 Å². The monoisotopic (exact) mass is 413 g/mol. The van der Waals surface area contributed by atoms with Gasteiger partial charge in [-0.3, -0.25) is 9.79 Å². The number of aromatic nitrogens is 1. The zero-order chi connectivity index (χ0) is 20.6. The molecule has 29 heavy (non-hydrogen) atoms. The number of amides is 1. The van der Waals surface area contributed by atoms with Gasteiger partial charge in [0, 0.05) is 26.2 Å². The van der Waals surface area contributed by atoms with E-state index < -0.39 is 0 Å². The third-order valence-corrected chi connectivity index (χ3v) is 6.31. The van der Waals surface area contributed by atoms with Crippen LogP contribution in [0.3, 0.4) is 0 Å². The van der Waals surface area contributed by atoms with E-state index in [0.29, 0.717) is 29.8 Å². The van der Waals surface area contributed by atoms with Gasteiger partial charge in [-0.1, -0.05) is 37.3 Å². The van der Waals surface area contributed by atoms with Gasteiger partial charge in [-0.2, -0.15) is 0 Å². The molecule has 0 spiro atoms. The summed E-state index contributed by atoms with van der Waals surface area (Å²) in [6.07, 6.45) is 1.12. The van der Waals surface area contributed by atoms with Crippen molar-refractivity contribution in [1.82, 2.24) is 20.5 Å². The summed E-state index contributed by atoms with van der Waals surface area (Å²) in [4.78, 5) is 24.1. The van der Waals surface area contributed by atoms with E-state index in [4.69, 9.17) is 4.99 Å². The van der Waals surface area contributed by atoms with E-state index >= 15 is 0 Å². The van der Waals surface area contributed by atoms with Crippen molar-refractivity contribution in [2.75, 3.05) is 32.7 Å². The maximum atomic E-state index is 12.2. The minimum Gasteiger partial charge on any atom is -0.357 e. The lowest BCUT2D eigenvalue weighted by atomic mass is 9.82. The first-order valence-electron chi connectivity index (χ1n) is 10.4. The Morgan fingerprint density at radius 2 is 2.10 bits per heavy atom. The Balaban J connectivity index is 1.54. The predicted octanol–water partition coefficient (Wildman–Crippen LogP) is 3.27. The van der Waals surface area contributed by atoms with E-state index in [0.717, 1.165) is 37.7 Å². The molecule has 2 heterocycles. The molecule has 1 aromatic carbocycles. The lowest BCUT2D eigenvalue weighted by Gasteiger charge is -2.39. The fourth-order valence-corrected chi connectivity index (χ4v) is 4.61. The zero-order valence-corrected chi connectivity index (χ0v) is 18.3. The van der Waals surface area contributed by atoms with Crippen LogP contribution in [0.1, 0.15) is 47.1 Å². The number of nitrogens with one attached hydrogen (secondary N) is 2. The van der Waals surface area contributed by atoms with Gasteiger partial charge < -0.3 is 15.5 Å². The average Bonchev–Trinajstić information content (AvgIpc) is 3.16. The Labute approximate surface area is 177 Å². The molecule has 1 aliphatic rings. The number of aryl methyl sites for hydroxylation is 1. The summed E-state index contributed by atoms with van der Waals surface area (Å²) in [5, 5.41) is 6.35. The van der Waals surface area contributed by atoms with Gasteiger partial charge in [0.05, 0.1) is 17.7 Å². The number of benzene rings is 1. The quantitative estimate of drug-likeness (QED) is 0.433. The molecule has 0 aliphatic carbocycles. The van der Waals surface area contributed by atoms with E-state index in [9.17, 15) is 4.79 Å². The lowest BCUT2D eigenvalue weighted by Crippen LogP contribution is -2.48. The number of hydrogen-bond acceptors (Lipinski definition) is 4. The van der Waals surface area contributed by atoms with Crippen molar-refractivity contribution in [3.05, 3.63) is 52.0 Å². The second-order valence-electron chi connectivity index (χ2n) is 7.49. The summed E-state index contributed by atoms with van der Waals surface area (Å²) < 4.78 is 0. The fraction of sp³-hybridized carbons (Fsp3) is 0.500. The molecule has 7 heteroatoms. The van der Waals surface area contributed by atoms with E-state index in [2.05, 4.69) is 64.7 Å². The molecule has 0 saturated carbocycles. The molecule has 6 nitrogen and oxygen atoms in total. The van der Waals surface area contributed by atoms with Crippen LogP contribution in [0.5, 0.6) is 0 Å². The standard InChI is InChI=1S/C22H31N5OS/c1-4-23-22(25-12-11-24-21(28)20-17(3)26-15-29-20)27-13-10-19(16(2)14-27)18-8-6-5-7-9-18/h5-9,15-16,19H,4,10-14H2,1-3H3,(H,23,25)(H,24,28). The number of piperidine rings is 1. The van der Waals surface area contributed by atoms with Gasteiger partial charge in [-0.15, -0.1) is 11.3 Å². The summed E-state index contributed by atoms with van der Waals surface area (Å²) in [5.41, 5.74) is 3.91. The molecule has 1 aromatic heterocycles. The molecule has 1 aliphatic heterocycles. The summed E-state index contributed by atoms with van der Waals surface area (Å²) in [5.74, 6) is 2.03. The minimum atomic E-state index is -0.0671. The van der Waals surface area contributed by atoms with Gasteiger partial charge in [-0.05, 0) is 37.7 Å². The number of likely N-dealkylation sites (tertiary alicyclic amines) is 1. The Kier molecular flexibility index (Phi) is 7.63. The Bertz CT molecular complexity index is 820. The van der Waals surface area contributed by atoms with Crippen molar-refractivity contribution >= 4 is 23.2 Å². The lowest BCUT2D eigenvalue weighted by molar-refractivity contribution is 0.0958. The molecule has 1 saturated heterocycles. The predicted molar refractivity (Wildman–Crippen MR) is 120 cm³/mol. The highest BCUT2D eigenvalue weighted by molar-refractivity contribution is 7.11. The van der Waals surface area contributed by atoms with E-state index in [1.807, 2.05) is 6.92 Å². The van der Waals surface area contributed by atoms with Crippen molar-refractivity contribution in [3.8, 4) is 0 Å². The zero-order valence-electron chi connectivity index (χ0n) is 17.5. The molecule has 2 atom stereocenters. The number of rotatable bonds is 6. The van der Waals surface area contributed by atoms with Crippen LogP contribution in [0, 0.1) is 12.8 Å². The number of carbonyl (C=O) groups is 1. The van der Waals surface area contributed by atoms with Gasteiger partial charge in [0.2, 0.25) is 0 Å². The summed E-state index contributed by atoms with van der Waals surface area (Å²) in [6.45, 7) is 10.1. The van der Waals surface area contributed by atoms with Crippen molar-refractivity contribution < 1.29 is 4.79 Å². The molecule has 0 bridgehead atoms. The number of thiazole rings is 1. The SMILES string of the molecule is CCNC(=NCCNC(=O)c1scnc1C)N1CCC(c2ccccc2)C(C)C1. The smallest absolute Gasteiger partial charge is 0.263 e. The highest BCUT2D eigenvalue weighted by Crippen LogP contribution is 2.32. The number of aliphatic imine (C=N–C) groups is 1. The van der Waals surface area contributed by atoms with Crippen LogP contribution < -0.4 is 10.6 Å². The van der Waals surface area contributed by atoms with Gasteiger partial charge in [0.1, 0.15) is 4.88 Å². The van der Waals surface area contributed by atoms with Crippen molar-refractivity contribution in [2.45, 2.75) is 33.1 Å². The third kappa shape index (κ3) is 5.56. The van der Waals surface area contributed by atoms with Crippen molar-refractivity contribution in [2.24, 2.45) is 10.9 Å². The topological polar surface area (TPSA) is 69.6 Å². The van der Waals surface area contributed by atoms with Gasteiger partial charge in [-0.25, -0.2) is 4.98 Å². The highest BCUT2D eigenvalue weighted by atomic mass is 32.1. The molecule has 2 unspecified atom stereocenters. The molecule has 156 valence electrons. The molecule has 0 radical (unpaired) electrons. The van der Waals surface area contributed by atoms with Crippen LogP contribution in [0.25, 0.3) is 0 Å². The van der Waals surface area contributed by atoms with Crippen LogP contribution in [0.15, 0.2) is 40.8 Å². The van der Waals surface area contributed by atoms with Crippen molar-refractivity contribution in [1.29, 1.82) is 0 Å². The van der Waals surface area contributed by atoms with Crippen LogP contribution in [0.2, 0.25) is 0 Å². The van der Waals surface area contributed by atoms with Crippen molar-refractivity contribution in [3.63, 3.8) is 0 Å². The maximum absolute atomic E-state index is 12.2. The first-order chi connectivity index (χ1) is 14.1. The van der Waals surface area contributed by atoms with Crippen LogP contribution in [0.4, 0.5) is 0 Å². The molecule has 3 rings (SSSR count). The molecule has 1 amide bonds. The number of guanidine groups is 1. The molecular weight excluding hydrogens is 382 g/mol. The number of carbonyl (C=O) groups excluding carboxylic acids is 1. The van der Waals surface area contributed by atoms with E-state index in [1.165, 1.54) is 16.9 Å². The molecular formula is C22H31N5OS. The van der Waals surface area contributed by atoms with Crippen LogP contribution in [-0.2, 0) is 0 Å². The van der Waals surface area contributed by atoms with E-state index in [-0.39, 0.29) is 5.91 Å². The summed E-state index contributed by atoms with van der Waals surface area (Å²) in [7, 11) is 0. The third-order valence-electron chi connectivity index (χ3n) is 5.38. The van der Waals surface area contributed by atoms with Gasteiger partial charge in [0.15, 0.2) is 5.96 Å². The number of hydrogen-bond donors (Lipinski definition) is 2. The second kappa shape index (κ2) is 10.4. The maximum Gasteiger partial charge on any atom is 0.263 e. The normalized spacial score (nSPS) is 19.8. The molecule has 2 N–H and O–H groups in total. The Hall–Kier alpha value is -2.41. The minimum absolute atomic E-state index is 0.0671. The van der Waals surface area contributed by atoms with E-state index in [1.54, 1.807) is 5.51 Å². The summed E-state index contributed by atoms with van der Waals surface area (Å²) in [6, 6.07) is 10.8. The Morgan fingerprint density at radius 3 is 2.76 bits per heavy atom. The van der Waals surface area contributed by atoms with Crippen LogP contribution >= 0.6 is 11.3 Å². The van der Waals surface area contributed by atoms with Crippen LogP contribution in [-0.4, -0.2) is 54.5 Å². The first-order valence-corrected chi connectivity index (χ1v) is 11.2. The molecule has 1 fully saturated rings. The van der Waals surface area contributed by atoms with Gasteiger partial charge in [0.25, 0.3) is 5.91 Å². The average molecular weight is 414 g/mol. The summed E-state index contributed by atoms with van der Waals surface area (Å²) >= 11 is 1.37. The highest BCUT2D eigenvalue weighted by Gasteiger charge is 2.28.